The van der Waals surface area contributed by atoms with Crippen LogP contribution in [0.15, 0.2) is 100 Å². The van der Waals surface area contributed by atoms with Crippen LogP contribution >= 0.6 is 23.2 Å². The number of halogens is 2. The first-order chi connectivity index (χ1) is 15.6. The first kappa shape index (κ1) is 20.3. The average molecular weight is 460 g/mol. The molecule has 3 aromatic carbocycles. The van der Waals surface area contributed by atoms with E-state index in [1.54, 1.807) is 30.3 Å². The molecule has 0 bridgehead atoms. The number of furan rings is 1. The van der Waals surface area contributed by atoms with Gasteiger partial charge in [0.15, 0.2) is 5.70 Å². The van der Waals surface area contributed by atoms with Crippen molar-refractivity contribution >= 4 is 41.1 Å². The molecule has 32 heavy (non-hydrogen) atoms. The zero-order chi connectivity index (χ0) is 22.1. The number of nitrogens with zero attached hydrogens (tertiary/aromatic N) is 1. The van der Waals surface area contributed by atoms with Crippen LogP contribution in [0.25, 0.3) is 28.5 Å². The Morgan fingerprint density at radius 3 is 2.16 bits per heavy atom. The van der Waals surface area contributed by atoms with Crippen molar-refractivity contribution in [2.24, 2.45) is 4.99 Å². The van der Waals surface area contributed by atoms with Gasteiger partial charge in [0, 0.05) is 17.2 Å². The minimum absolute atomic E-state index is 0.169. The smallest absolute Gasteiger partial charge is 0.363 e. The van der Waals surface area contributed by atoms with E-state index in [9.17, 15) is 4.79 Å². The third-order valence-electron chi connectivity index (χ3n) is 4.97. The van der Waals surface area contributed by atoms with Crippen molar-refractivity contribution < 1.29 is 13.9 Å². The van der Waals surface area contributed by atoms with Crippen molar-refractivity contribution in [3.63, 3.8) is 0 Å². The molecule has 0 saturated heterocycles. The van der Waals surface area contributed by atoms with Crippen LogP contribution in [-0.4, -0.2) is 11.9 Å². The molecule has 4 nitrogen and oxygen atoms in total. The van der Waals surface area contributed by atoms with Crippen LogP contribution in [0.3, 0.4) is 0 Å². The molecule has 0 amide bonds. The van der Waals surface area contributed by atoms with Gasteiger partial charge in [0.05, 0.1) is 10.0 Å². The standard InChI is InChI=1S/C26H15Cl2NO3/c27-21-12-10-19(14-22(21)28)24-13-11-20(31-24)15-23-26(30)32-25(29-23)18-8-6-17(7-9-18)16-4-2-1-3-5-16/h1-15H/b23-15-. The van der Waals surface area contributed by atoms with Gasteiger partial charge in [-0.2, -0.15) is 0 Å². The Morgan fingerprint density at radius 1 is 0.719 bits per heavy atom. The number of carbonyl (C=O) groups excluding carboxylic acids is 1. The molecule has 5 rings (SSSR count). The lowest BCUT2D eigenvalue weighted by atomic mass is 10.0. The molecule has 6 heteroatoms. The zero-order valence-corrected chi connectivity index (χ0v) is 18.1. The van der Waals surface area contributed by atoms with Gasteiger partial charge in [-0.25, -0.2) is 9.79 Å². The number of rotatable bonds is 4. The molecule has 0 saturated carbocycles. The molecular weight excluding hydrogens is 445 g/mol. The molecule has 0 spiro atoms. The largest absolute Gasteiger partial charge is 0.457 e. The van der Waals surface area contributed by atoms with Crippen LogP contribution in [-0.2, 0) is 9.53 Å². The van der Waals surface area contributed by atoms with Crippen molar-refractivity contribution in [3.8, 4) is 22.5 Å². The fourth-order valence-corrected chi connectivity index (χ4v) is 3.64. The number of aliphatic imine (C=N–C) groups is 1. The van der Waals surface area contributed by atoms with Crippen LogP contribution in [0.5, 0.6) is 0 Å². The van der Waals surface area contributed by atoms with E-state index in [1.807, 2.05) is 60.7 Å². The van der Waals surface area contributed by atoms with E-state index in [2.05, 4.69) is 4.99 Å². The Hall–Kier alpha value is -3.60. The number of cyclic esters (lactones) is 1. The van der Waals surface area contributed by atoms with Gasteiger partial charge in [-0.1, -0.05) is 65.7 Å². The summed E-state index contributed by atoms with van der Waals surface area (Å²) in [6, 6.07) is 26.5. The second-order valence-electron chi connectivity index (χ2n) is 7.11. The van der Waals surface area contributed by atoms with E-state index < -0.39 is 5.97 Å². The summed E-state index contributed by atoms with van der Waals surface area (Å²) in [4.78, 5) is 16.7. The highest BCUT2D eigenvalue weighted by Crippen LogP contribution is 2.30. The maximum absolute atomic E-state index is 12.3. The van der Waals surface area contributed by atoms with E-state index in [1.165, 1.54) is 0 Å². The Morgan fingerprint density at radius 2 is 1.41 bits per heavy atom. The average Bonchev–Trinajstić information content (AvgIpc) is 3.43. The van der Waals surface area contributed by atoms with Crippen molar-refractivity contribution in [1.29, 1.82) is 0 Å². The van der Waals surface area contributed by atoms with E-state index in [0.717, 1.165) is 22.3 Å². The summed E-state index contributed by atoms with van der Waals surface area (Å²) in [7, 11) is 0. The molecule has 4 aromatic rings. The Labute approximate surface area is 194 Å². The molecule has 1 aliphatic rings. The van der Waals surface area contributed by atoms with E-state index >= 15 is 0 Å². The van der Waals surface area contributed by atoms with Crippen LogP contribution in [0.2, 0.25) is 10.0 Å². The predicted octanol–water partition coefficient (Wildman–Crippen LogP) is 7.26. The summed E-state index contributed by atoms with van der Waals surface area (Å²) in [6.45, 7) is 0. The topological polar surface area (TPSA) is 51.8 Å². The first-order valence-corrected chi connectivity index (χ1v) is 10.6. The van der Waals surface area contributed by atoms with Gasteiger partial charge in [-0.05, 0) is 53.6 Å². The summed E-state index contributed by atoms with van der Waals surface area (Å²) >= 11 is 12.0. The van der Waals surface area contributed by atoms with Gasteiger partial charge in [0.1, 0.15) is 11.5 Å². The molecule has 1 aliphatic heterocycles. The molecule has 0 aliphatic carbocycles. The summed E-state index contributed by atoms with van der Waals surface area (Å²) in [5.41, 5.74) is 3.85. The van der Waals surface area contributed by atoms with Gasteiger partial charge >= 0.3 is 5.97 Å². The molecule has 1 aromatic heterocycles. The fourth-order valence-electron chi connectivity index (χ4n) is 3.34. The van der Waals surface area contributed by atoms with Crippen LogP contribution < -0.4 is 0 Å². The van der Waals surface area contributed by atoms with Crippen molar-refractivity contribution in [2.75, 3.05) is 0 Å². The summed E-state index contributed by atoms with van der Waals surface area (Å²) in [5, 5.41) is 0.907. The minimum atomic E-state index is -0.528. The summed E-state index contributed by atoms with van der Waals surface area (Å²) < 4.78 is 11.2. The highest BCUT2D eigenvalue weighted by Gasteiger charge is 2.24. The van der Waals surface area contributed by atoms with Gasteiger partial charge in [0.2, 0.25) is 5.90 Å². The number of esters is 1. The van der Waals surface area contributed by atoms with E-state index in [-0.39, 0.29) is 11.6 Å². The number of carbonyl (C=O) groups is 1. The lowest BCUT2D eigenvalue weighted by Crippen LogP contribution is -2.05. The van der Waals surface area contributed by atoms with Crippen molar-refractivity contribution in [3.05, 3.63) is 112 Å². The van der Waals surface area contributed by atoms with Crippen LogP contribution in [0.4, 0.5) is 0 Å². The van der Waals surface area contributed by atoms with Gasteiger partial charge in [-0.3, -0.25) is 0 Å². The highest BCUT2D eigenvalue weighted by atomic mass is 35.5. The normalized spacial score (nSPS) is 14.5. The minimum Gasteiger partial charge on any atom is -0.457 e. The molecule has 0 radical (unpaired) electrons. The number of benzene rings is 3. The van der Waals surface area contributed by atoms with Crippen molar-refractivity contribution in [2.45, 2.75) is 0 Å². The fraction of sp³-hybridized carbons (Fsp3) is 0. The number of hydrogen-bond acceptors (Lipinski definition) is 4. The predicted molar refractivity (Wildman–Crippen MR) is 127 cm³/mol. The number of hydrogen-bond donors (Lipinski definition) is 0. The Kier molecular flexibility index (Phi) is 5.39. The molecule has 0 fully saturated rings. The Bertz CT molecular complexity index is 1370. The second kappa shape index (κ2) is 8.50. The molecule has 0 atom stereocenters. The van der Waals surface area contributed by atoms with Gasteiger partial charge in [-0.15, -0.1) is 0 Å². The molecule has 156 valence electrons. The summed E-state index contributed by atoms with van der Waals surface area (Å²) in [5.74, 6) is 0.807. The number of ether oxygens (including phenoxy) is 1. The second-order valence-corrected chi connectivity index (χ2v) is 7.92. The monoisotopic (exact) mass is 459 g/mol. The van der Waals surface area contributed by atoms with E-state index in [4.69, 9.17) is 32.4 Å². The Balaban J connectivity index is 1.38. The third kappa shape index (κ3) is 4.11. The zero-order valence-electron chi connectivity index (χ0n) is 16.6. The van der Waals surface area contributed by atoms with E-state index in [0.29, 0.717) is 21.6 Å². The first-order valence-electron chi connectivity index (χ1n) is 9.80. The molecular formula is C26H15Cl2NO3. The van der Waals surface area contributed by atoms with Crippen LogP contribution in [0, 0.1) is 0 Å². The third-order valence-corrected chi connectivity index (χ3v) is 5.71. The quantitative estimate of drug-likeness (QED) is 0.238. The van der Waals surface area contributed by atoms with Crippen molar-refractivity contribution in [1.82, 2.24) is 0 Å². The van der Waals surface area contributed by atoms with Gasteiger partial charge in [0.25, 0.3) is 0 Å². The lowest BCUT2D eigenvalue weighted by molar-refractivity contribution is -0.129. The molecule has 0 N–H and O–H groups in total. The maximum Gasteiger partial charge on any atom is 0.363 e. The SMILES string of the molecule is O=C1OC(c2ccc(-c3ccccc3)cc2)=N/C1=C\c1ccc(-c2ccc(Cl)c(Cl)c2)o1. The molecule has 2 heterocycles. The lowest BCUT2D eigenvalue weighted by Gasteiger charge is -2.03. The van der Waals surface area contributed by atoms with Gasteiger partial charge < -0.3 is 9.15 Å². The maximum atomic E-state index is 12.3. The molecule has 0 unspecified atom stereocenters. The summed E-state index contributed by atoms with van der Waals surface area (Å²) in [6.07, 6.45) is 1.55. The van der Waals surface area contributed by atoms with Crippen LogP contribution in [0.1, 0.15) is 11.3 Å². The highest BCUT2D eigenvalue weighted by molar-refractivity contribution is 6.42.